The molecule has 2 aliphatic heterocycles. The van der Waals surface area contributed by atoms with Crippen molar-refractivity contribution < 1.29 is 38.9 Å². The molecule has 10 nitrogen and oxygen atoms in total. The lowest BCUT2D eigenvalue weighted by molar-refractivity contribution is -0.128. The van der Waals surface area contributed by atoms with Crippen molar-refractivity contribution in [1.29, 1.82) is 0 Å². The lowest BCUT2D eigenvalue weighted by Crippen LogP contribution is -2.54. The van der Waals surface area contributed by atoms with E-state index in [1.807, 2.05) is 48.6 Å². The molecule has 4 aliphatic rings. The maximum Gasteiger partial charge on any atom is 0.335 e. The fourth-order valence-corrected chi connectivity index (χ4v) is 9.21. The number of imide groups is 2. The van der Waals surface area contributed by atoms with Gasteiger partial charge in [-0.05, 0) is 78.4 Å². The molecule has 2 aliphatic carbocycles. The number of carboxylic acids is 1. The van der Waals surface area contributed by atoms with Crippen LogP contribution in [0.2, 0.25) is 5.02 Å². The largest absolute Gasteiger partial charge is 0.504 e. The second-order valence-electron chi connectivity index (χ2n) is 13.8. The summed E-state index contributed by atoms with van der Waals surface area (Å²) in [6.07, 6.45) is 5.97. The van der Waals surface area contributed by atoms with Crippen LogP contribution in [0.25, 0.3) is 6.08 Å². The van der Waals surface area contributed by atoms with E-state index in [4.69, 9.17) is 16.3 Å². The smallest absolute Gasteiger partial charge is 0.335 e. The topological polar surface area (TPSA) is 142 Å². The Morgan fingerprint density at radius 3 is 2.30 bits per heavy atom. The molecule has 0 aromatic heterocycles. The van der Waals surface area contributed by atoms with E-state index in [2.05, 4.69) is 0 Å². The SMILES string of the molecule is COc1cc(C=C[C@H]2C3=CC[C@@H]4C(=O)N(c5cccc(C(=O)O)c5)C(=O)[C@@H]4[C@@H]3C[C@H]3C(=O)N(c4cccc(Cl)c4)C(=O)[C@@]23c2ccccc2)ccc1O. The van der Waals surface area contributed by atoms with Crippen molar-refractivity contribution in [2.75, 3.05) is 16.9 Å². The average molecular weight is 729 g/mol. The van der Waals surface area contributed by atoms with Gasteiger partial charge in [-0.2, -0.15) is 0 Å². The predicted octanol–water partition coefficient (Wildman–Crippen LogP) is 6.67. The van der Waals surface area contributed by atoms with Gasteiger partial charge < -0.3 is 14.9 Å². The number of allylic oxidation sites excluding steroid dienone is 3. The Labute approximate surface area is 309 Å². The fraction of sp³-hybridized carbons (Fsp3) is 0.214. The van der Waals surface area contributed by atoms with E-state index >= 15 is 4.79 Å². The maximum absolute atomic E-state index is 15.3. The molecule has 0 unspecified atom stereocenters. The van der Waals surface area contributed by atoms with Crippen LogP contribution in [-0.4, -0.2) is 46.9 Å². The van der Waals surface area contributed by atoms with Crippen molar-refractivity contribution in [3.05, 3.63) is 137 Å². The fourth-order valence-electron chi connectivity index (χ4n) is 9.03. The lowest BCUT2D eigenvalue weighted by Gasteiger charge is -2.49. The Hall–Kier alpha value is -6.00. The third-order valence-electron chi connectivity index (χ3n) is 11.3. The molecule has 1 saturated carbocycles. The van der Waals surface area contributed by atoms with Gasteiger partial charge in [0, 0.05) is 10.9 Å². The molecule has 53 heavy (non-hydrogen) atoms. The molecule has 0 radical (unpaired) electrons. The number of carbonyl (C=O) groups excluding carboxylic acids is 4. The molecule has 8 rings (SSSR count). The number of aromatic carboxylic acids is 1. The van der Waals surface area contributed by atoms with Crippen LogP contribution in [0.5, 0.6) is 11.5 Å². The predicted molar refractivity (Wildman–Crippen MR) is 196 cm³/mol. The summed E-state index contributed by atoms with van der Waals surface area (Å²) in [6, 6.07) is 26.4. The molecule has 266 valence electrons. The number of carbonyl (C=O) groups is 5. The van der Waals surface area contributed by atoms with Gasteiger partial charge in [0.2, 0.25) is 23.6 Å². The first-order chi connectivity index (χ1) is 25.6. The van der Waals surface area contributed by atoms with E-state index in [1.165, 1.54) is 42.3 Å². The van der Waals surface area contributed by atoms with Crippen molar-refractivity contribution in [3.63, 3.8) is 0 Å². The summed E-state index contributed by atoms with van der Waals surface area (Å²) in [6.45, 7) is 0. The van der Waals surface area contributed by atoms with Crippen LogP contribution in [0.15, 0.2) is 115 Å². The summed E-state index contributed by atoms with van der Waals surface area (Å²) in [7, 11) is 1.45. The highest BCUT2D eigenvalue weighted by molar-refractivity contribution is 6.32. The summed E-state index contributed by atoms with van der Waals surface area (Å²) >= 11 is 6.38. The molecule has 2 N–H and O–H groups in total. The van der Waals surface area contributed by atoms with E-state index in [1.54, 1.807) is 36.4 Å². The molecule has 4 aromatic carbocycles. The number of rotatable bonds is 7. The average Bonchev–Trinajstić information content (AvgIpc) is 3.55. The molecule has 6 atom stereocenters. The minimum Gasteiger partial charge on any atom is -0.504 e. The molecule has 4 aromatic rings. The molecule has 0 spiro atoms. The number of fused-ring (bicyclic) bond motifs is 4. The zero-order valence-electron chi connectivity index (χ0n) is 28.4. The Bertz CT molecular complexity index is 2290. The van der Waals surface area contributed by atoms with Gasteiger partial charge in [0.25, 0.3) is 0 Å². The van der Waals surface area contributed by atoms with Crippen LogP contribution in [0.4, 0.5) is 11.4 Å². The third-order valence-corrected chi connectivity index (χ3v) is 11.5. The van der Waals surface area contributed by atoms with Crippen molar-refractivity contribution >= 4 is 58.6 Å². The van der Waals surface area contributed by atoms with Gasteiger partial charge in [0.1, 0.15) is 0 Å². The summed E-state index contributed by atoms with van der Waals surface area (Å²) in [4.78, 5) is 72.7. The van der Waals surface area contributed by atoms with E-state index in [9.17, 15) is 29.4 Å². The Morgan fingerprint density at radius 1 is 0.849 bits per heavy atom. The quantitative estimate of drug-likeness (QED) is 0.159. The highest BCUT2D eigenvalue weighted by Crippen LogP contribution is 2.62. The van der Waals surface area contributed by atoms with Gasteiger partial charge in [-0.15, -0.1) is 0 Å². The second kappa shape index (κ2) is 12.9. The second-order valence-corrected chi connectivity index (χ2v) is 14.2. The van der Waals surface area contributed by atoms with Gasteiger partial charge in [0.05, 0.1) is 47.2 Å². The van der Waals surface area contributed by atoms with E-state index < -0.39 is 64.6 Å². The first-order valence-corrected chi connectivity index (χ1v) is 17.6. The number of phenols is 1. The minimum absolute atomic E-state index is 0.0409. The van der Waals surface area contributed by atoms with Crippen LogP contribution in [0, 0.1) is 29.6 Å². The van der Waals surface area contributed by atoms with Crippen LogP contribution in [0.3, 0.4) is 0 Å². The molecular weight excluding hydrogens is 696 g/mol. The van der Waals surface area contributed by atoms with E-state index in [-0.39, 0.29) is 35.6 Å². The number of anilines is 2. The lowest BCUT2D eigenvalue weighted by atomic mass is 9.50. The zero-order chi connectivity index (χ0) is 37.2. The number of nitrogens with zero attached hydrogens (tertiary/aromatic N) is 2. The zero-order valence-corrected chi connectivity index (χ0v) is 29.1. The number of halogens is 1. The molecule has 3 fully saturated rings. The molecular formula is C42H33ClN2O8. The molecule has 4 amide bonds. The highest BCUT2D eigenvalue weighted by Gasteiger charge is 2.69. The Morgan fingerprint density at radius 2 is 1.58 bits per heavy atom. The number of aromatic hydroxyl groups is 1. The number of phenolic OH excluding ortho intramolecular Hbond substituents is 1. The first kappa shape index (κ1) is 34.1. The van der Waals surface area contributed by atoms with Gasteiger partial charge >= 0.3 is 5.97 Å². The summed E-state index contributed by atoms with van der Waals surface area (Å²) in [5, 5.41) is 20.3. The number of amides is 4. The number of hydrogen-bond acceptors (Lipinski definition) is 7. The number of ether oxygens (including phenoxy) is 1. The molecule has 0 bridgehead atoms. The number of hydrogen-bond donors (Lipinski definition) is 2. The molecule has 2 heterocycles. The number of benzene rings is 4. The van der Waals surface area contributed by atoms with Crippen LogP contribution < -0.4 is 14.5 Å². The van der Waals surface area contributed by atoms with Crippen molar-refractivity contribution in [1.82, 2.24) is 0 Å². The van der Waals surface area contributed by atoms with Crippen LogP contribution in [-0.2, 0) is 24.6 Å². The Kier molecular flexibility index (Phi) is 8.30. The van der Waals surface area contributed by atoms with Gasteiger partial charge in [-0.3, -0.25) is 24.1 Å². The third kappa shape index (κ3) is 5.19. The van der Waals surface area contributed by atoms with E-state index in [0.29, 0.717) is 21.8 Å². The summed E-state index contributed by atoms with van der Waals surface area (Å²) in [5.41, 5.74) is 1.06. The first-order valence-electron chi connectivity index (χ1n) is 17.2. The van der Waals surface area contributed by atoms with Crippen molar-refractivity contribution in [3.8, 4) is 11.5 Å². The van der Waals surface area contributed by atoms with Gasteiger partial charge in [0.15, 0.2) is 11.5 Å². The van der Waals surface area contributed by atoms with Crippen LogP contribution in [0.1, 0.15) is 34.3 Å². The van der Waals surface area contributed by atoms with Gasteiger partial charge in [-0.1, -0.05) is 83.9 Å². The number of methoxy groups -OCH3 is 1. The van der Waals surface area contributed by atoms with Gasteiger partial charge in [-0.25, -0.2) is 9.69 Å². The normalized spacial score (nSPS) is 26.4. The summed E-state index contributed by atoms with van der Waals surface area (Å²) in [5.74, 6) is -6.62. The van der Waals surface area contributed by atoms with E-state index in [0.717, 1.165) is 10.5 Å². The van der Waals surface area contributed by atoms with Crippen LogP contribution >= 0.6 is 11.6 Å². The molecule has 2 saturated heterocycles. The monoisotopic (exact) mass is 728 g/mol. The maximum atomic E-state index is 15.3. The van der Waals surface area contributed by atoms with Crippen molar-refractivity contribution in [2.45, 2.75) is 18.3 Å². The number of carboxylic acid groups (broad SMARTS) is 1. The molecule has 11 heteroatoms. The standard InChI is InChI=1S/C42H33ClN2O8/c1-53-35-19-23(14-18-34(35)46)13-17-32-29-15-16-30-36(39(49)44(37(30)47)27-11-5-7-24(20-27)40(50)51)31(29)22-33-38(48)45(28-12-6-10-26(43)21-28)41(52)42(32,33)25-8-3-2-4-9-25/h2-15,17-21,30-33,36,46H,16,22H2,1H3,(H,50,51)/t30-,31+,32-,33-,36-,42-/m0/s1. The summed E-state index contributed by atoms with van der Waals surface area (Å²) < 4.78 is 5.34. The Balaban J connectivity index is 1.31. The van der Waals surface area contributed by atoms with Crippen molar-refractivity contribution in [2.24, 2.45) is 29.6 Å². The highest BCUT2D eigenvalue weighted by atomic mass is 35.5. The minimum atomic E-state index is -1.44.